The van der Waals surface area contributed by atoms with Crippen LogP contribution in [0.15, 0.2) is 54.6 Å². The minimum absolute atomic E-state index is 0.584. The Hall–Kier alpha value is -1.64. The average Bonchev–Trinajstić information content (AvgIpc) is 2.61. The van der Waals surface area contributed by atoms with Gasteiger partial charge < -0.3 is 4.74 Å². The van der Waals surface area contributed by atoms with Crippen molar-refractivity contribution in [3.05, 3.63) is 71.3 Å². The summed E-state index contributed by atoms with van der Waals surface area (Å²) in [7, 11) is 0. The molecule has 0 amide bonds. The third-order valence-corrected chi connectivity index (χ3v) is 4.77. The SMILES string of the molecule is Cc1ccc([C@H](CCN2CCOCC2)Cc2ccccc2)cc1. The van der Waals surface area contributed by atoms with Crippen LogP contribution in [0, 0.1) is 6.92 Å². The van der Waals surface area contributed by atoms with E-state index in [0.717, 1.165) is 39.3 Å². The molecule has 23 heavy (non-hydrogen) atoms. The molecule has 1 saturated heterocycles. The summed E-state index contributed by atoms with van der Waals surface area (Å²) in [4.78, 5) is 2.54. The van der Waals surface area contributed by atoms with Gasteiger partial charge in [-0.3, -0.25) is 4.90 Å². The van der Waals surface area contributed by atoms with Gasteiger partial charge in [-0.25, -0.2) is 0 Å². The Morgan fingerprint density at radius 1 is 0.957 bits per heavy atom. The molecule has 0 spiro atoms. The van der Waals surface area contributed by atoms with E-state index >= 15 is 0 Å². The maximum Gasteiger partial charge on any atom is 0.0594 e. The van der Waals surface area contributed by atoms with Crippen molar-refractivity contribution in [1.29, 1.82) is 0 Å². The Morgan fingerprint density at radius 3 is 2.35 bits per heavy atom. The smallest absolute Gasteiger partial charge is 0.0594 e. The van der Waals surface area contributed by atoms with E-state index in [1.165, 1.54) is 23.1 Å². The second-order valence-corrected chi connectivity index (χ2v) is 6.54. The van der Waals surface area contributed by atoms with Crippen LogP contribution >= 0.6 is 0 Å². The summed E-state index contributed by atoms with van der Waals surface area (Å²) in [6.07, 6.45) is 2.33. The lowest BCUT2D eigenvalue weighted by molar-refractivity contribution is 0.0365. The van der Waals surface area contributed by atoms with Gasteiger partial charge in [-0.2, -0.15) is 0 Å². The molecule has 0 aromatic heterocycles. The molecule has 0 N–H and O–H groups in total. The average molecular weight is 309 g/mol. The molecule has 1 atom stereocenters. The molecule has 1 heterocycles. The zero-order valence-electron chi connectivity index (χ0n) is 14.1. The van der Waals surface area contributed by atoms with Crippen molar-refractivity contribution in [2.75, 3.05) is 32.8 Å². The standard InChI is InChI=1S/C21H27NO/c1-18-7-9-20(10-8-18)21(17-19-5-3-2-4-6-19)11-12-22-13-15-23-16-14-22/h2-10,21H,11-17H2,1H3/t21-/m1/s1. The van der Waals surface area contributed by atoms with Crippen LogP contribution in [0.3, 0.4) is 0 Å². The predicted octanol–water partition coefficient (Wildman–Crippen LogP) is 4.04. The van der Waals surface area contributed by atoms with E-state index in [9.17, 15) is 0 Å². The Morgan fingerprint density at radius 2 is 1.65 bits per heavy atom. The Kier molecular flexibility index (Phi) is 5.84. The monoisotopic (exact) mass is 309 g/mol. The van der Waals surface area contributed by atoms with Crippen molar-refractivity contribution < 1.29 is 4.74 Å². The second kappa shape index (κ2) is 8.28. The van der Waals surface area contributed by atoms with Gasteiger partial charge in [0.2, 0.25) is 0 Å². The number of hydrogen-bond donors (Lipinski definition) is 0. The molecule has 0 bridgehead atoms. The fourth-order valence-corrected chi connectivity index (χ4v) is 3.29. The van der Waals surface area contributed by atoms with E-state index in [-0.39, 0.29) is 0 Å². The normalized spacial score (nSPS) is 17.1. The second-order valence-electron chi connectivity index (χ2n) is 6.54. The summed E-state index contributed by atoms with van der Waals surface area (Å²) in [5.74, 6) is 0.584. The van der Waals surface area contributed by atoms with E-state index < -0.39 is 0 Å². The highest BCUT2D eigenvalue weighted by Gasteiger charge is 2.16. The van der Waals surface area contributed by atoms with Crippen molar-refractivity contribution >= 4 is 0 Å². The van der Waals surface area contributed by atoms with E-state index in [1.54, 1.807) is 0 Å². The zero-order chi connectivity index (χ0) is 15.9. The lowest BCUT2D eigenvalue weighted by Gasteiger charge is -2.28. The van der Waals surface area contributed by atoms with E-state index in [2.05, 4.69) is 66.4 Å². The number of benzene rings is 2. The Balaban J connectivity index is 1.68. The summed E-state index contributed by atoms with van der Waals surface area (Å²) < 4.78 is 5.46. The molecule has 0 saturated carbocycles. The van der Waals surface area contributed by atoms with Crippen LogP contribution in [0.25, 0.3) is 0 Å². The van der Waals surface area contributed by atoms with Crippen LogP contribution in [0.1, 0.15) is 29.0 Å². The number of morpholine rings is 1. The summed E-state index contributed by atoms with van der Waals surface area (Å²) in [6.45, 7) is 7.23. The van der Waals surface area contributed by atoms with Gasteiger partial charge in [-0.15, -0.1) is 0 Å². The van der Waals surface area contributed by atoms with Crippen LogP contribution in [0.2, 0.25) is 0 Å². The number of hydrogen-bond acceptors (Lipinski definition) is 2. The molecule has 1 aliphatic heterocycles. The first-order valence-corrected chi connectivity index (χ1v) is 8.72. The van der Waals surface area contributed by atoms with Crippen molar-refractivity contribution in [3.8, 4) is 0 Å². The number of rotatable bonds is 6. The molecule has 0 unspecified atom stereocenters. The van der Waals surface area contributed by atoms with Crippen LogP contribution in [-0.4, -0.2) is 37.7 Å². The van der Waals surface area contributed by atoms with Gasteiger partial charge in [0.15, 0.2) is 0 Å². The Bertz CT molecular complexity index is 573. The summed E-state index contributed by atoms with van der Waals surface area (Å²) >= 11 is 0. The number of ether oxygens (including phenoxy) is 1. The maximum atomic E-state index is 5.46. The molecular formula is C21H27NO. The molecule has 1 fully saturated rings. The lowest BCUT2D eigenvalue weighted by atomic mass is 9.88. The van der Waals surface area contributed by atoms with Crippen LogP contribution in [0.4, 0.5) is 0 Å². The fourth-order valence-electron chi connectivity index (χ4n) is 3.29. The molecular weight excluding hydrogens is 282 g/mol. The highest BCUT2D eigenvalue weighted by molar-refractivity contribution is 5.27. The molecule has 122 valence electrons. The third kappa shape index (κ3) is 4.92. The highest BCUT2D eigenvalue weighted by atomic mass is 16.5. The quantitative estimate of drug-likeness (QED) is 0.798. The van der Waals surface area contributed by atoms with E-state index in [4.69, 9.17) is 4.74 Å². The van der Waals surface area contributed by atoms with Gasteiger partial charge in [0.05, 0.1) is 13.2 Å². The number of aryl methyl sites for hydroxylation is 1. The van der Waals surface area contributed by atoms with Gasteiger partial charge in [-0.05, 0) is 43.4 Å². The van der Waals surface area contributed by atoms with Gasteiger partial charge in [-0.1, -0.05) is 60.2 Å². The first-order chi connectivity index (χ1) is 11.3. The minimum atomic E-state index is 0.584. The molecule has 2 heteroatoms. The largest absolute Gasteiger partial charge is 0.379 e. The molecule has 3 rings (SSSR count). The highest BCUT2D eigenvalue weighted by Crippen LogP contribution is 2.25. The zero-order valence-corrected chi connectivity index (χ0v) is 14.1. The van der Waals surface area contributed by atoms with Crippen LogP contribution in [-0.2, 0) is 11.2 Å². The molecule has 0 aliphatic carbocycles. The van der Waals surface area contributed by atoms with Gasteiger partial charge in [0.25, 0.3) is 0 Å². The molecule has 2 aromatic carbocycles. The number of nitrogens with zero attached hydrogens (tertiary/aromatic N) is 1. The topological polar surface area (TPSA) is 12.5 Å². The molecule has 0 radical (unpaired) electrons. The summed E-state index contributed by atoms with van der Waals surface area (Å²) in [5.41, 5.74) is 4.23. The summed E-state index contributed by atoms with van der Waals surface area (Å²) in [5, 5.41) is 0. The molecule has 2 nitrogen and oxygen atoms in total. The van der Waals surface area contributed by atoms with Crippen molar-refractivity contribution in [2.45, 2.75) is 25.7 Å². The Labute approximate surface area is 140 Å². The maximum absolute atomic E-state index is 5.46. The van der Waals surface area contributed by atoms with Gasteiger partial charge in [0.1, 0.15) is 0 Å². The fraction of sp³-hybridized carbons (Fsp3) is 0.429. The first-order valence-electron chi connectivity index (χ1n) is 8.72. The first kappa shape index (κ1) is 16.2. The predicted molar refractivity (Wildman–Crippen MR) is 95.9 cm³/mol. The van der Waals surface area contributed by atoms with Crippen LogP contribution < -0.4 is 0 Å². The van der Waals surface area contributed by atoms with Gasteiger partial charge in [0, 0.05) is 13.1 Å². The van der Waals surface area contributed by atoms with Crippen LogP contribution in [0.5, 0.6) is 0 Å². The van der Waals surface area contributed by atoms with Gasteiger partial charge >= 0.3 is 0 Å². The molecule has 1 aliphatic rings. The lowest BCUT2D eigenvalue weighted by Crippen LogP contribution is -2.37. The summed E-state index contributed by atoms with van der Waals surface area (Å²) in [6, 6.07) is 20.0. The van der Waals surface area contributed by atoms with E-state index in [0.29, 0.717) is 5.92 Å². The molecule has 2 aromatic rings. The van der Waals surface area contributed by atoms with E-state index in [1.807, 2.05) is 0 Å². The minimum Gasteiger partial charge on any atom is -0.379 e. The third-order valence-electron chi connectivity index (χ3n) is 4.77. The van der Waals surface area contributed by atoms with Crippen molar-refractivity contribution in [1.82, 2.24) is 4.90 Å². The van der Waals surface area contributed by atoms with Crippen molar-refractivity contribution in [2.24, 2.45) is 0 Å². The van der Waals surface area contributed by atoms with Crippen molar-refractivity contribution in [3.63, 3.8) is 0 Å².